The zero-order chi connectivity index (χ0) is 18.4. The Morgan fingerprint density at radius 3 is 2.81 bits per heavy atom. The minimum atomic E-state index is -0.570. The Morgan fingerprint density at radius 2 is 2.12 bits per heavy atom. The van der Waals surface area contributed by atoms with E-state index in [-0.39, 0.29) is 0 Å². The van der Waals surface area contributed by atoms with E-state index in [0.29, 0.717) is 6.04 Å². The van der Waals surface area contributed by atoms with Gasteiger partial charge in [0, 0.05) is 43.0 Å². The number of carbonyl (C=O) groups is 1. The lowest BCUT2D eigenvalue weighted by Crippen LogP contribution is -2.26. The Hall–Kier alpha value is -2.41. The SMILES string of the molecule is O=C(C=Cc1ccc(N[C@@H]2CCN(Cc3ccc(Cl)cc3)C2)nc1)NO. The van der Waals surface area contributed by atoms with Crippen LogP contribution in [-0.2, 0) is 11.3 Å². The van der Waals surface area contributed by atoms with Crippen molar-refractivity contribution in [3.63, 3.8) is 0 Å². The average Bonchev–Trinajstić information content (AvgIpc) is 3.09. The van der Waals surface area contributed by atoms with Crippen LogP contribution in [0.1, 0.15) is 17.5 Å². The highest BCUT2D eigenvalue weighted by Crippen LogP contribution is 2.18. The van der Waals surface area contributed by atoms with Crippen LogP contribution in [0.15, 0.2) is 48.7 Å². The molecule has 0 spiro atoms. The summed E-state index contributed by atoms with van der Waals surface area (Å²) in [7, 11) is 0. The number of nitrogens with zero attached hydrogens (tertiary/aromatic N) is 2. The van der Waals surface area contributed by atoms with Gasteiger partial charge in [-0.05, 0) is 47.9 Å². The van der Waals surface area contributed by atoms with Crippen molar-refractivity contribution in [2.45, 2.75) is 19.0 Å². The van der Waals surface area contributed by atoms with Crippen molar-refractivity contribution in [2.24, 2.45) is 0 Å². The predicted octanol–water partition coefficient (Wildman–Crippen LogP) is 2.94. The fourth-order valence-electron chi connectivity index (χ4n) is 2.95. The van der Waals surface area contributed by atoms with Crippen LogP contribution in [-0.4, -0.2) is 40.1 Å². The number of amides is 1. The molecule has 1 atom stereocenters. The fraction of sp³-hybridized carbons (Fsp3) is 0.263. The van der Waals surface area contributed by atoms with Gasteiger partial charge in [0.05, 0.1) is 0 Å². The molecule has 0 unspecified atom stereocenters. The van der Waals surface area contributed by atoms with Crippen LogP contribution in [0.4, 0.5) is 5.82 Å². The van der Waals surface area contributed by atoms with E-state index >= 15 is 0 Å². The Morgan fingerprint density at radius 1 is 1.31 bits per heavy atom. The van der Waals surface area contributed by atoms with Gasteiger partial charge in [0.2, 0.25) is 0 Å². The molecule has 1 aliphatic heterocycles. The molecular formula is C19H21ClN4O2. The molecule has 0 saturated carbocycles. The molecule has 0 aliphatic carbocycles. The summed E-state index contributed by atoms with van der Waals surface area (Å²) in [6, 6.07) is 12.1. The molecule has 1 aliphatic rings. The molecule has 1 amide bonds. The number of hydroxylamine groups is 1. The molecule has 1 aromatic heterocycles. The molecule has 2 heterocycles. The Kier molecular flexibility index (Phi) is 6.22. The first-order chi connectivity index (χ1) is 12.6. The largest absolute Gasteiger partial charge is 0.366 e. The zero-order valence-corrected chi connectivity index (χ0v) is 15.0. The van der Waals surface area contributed by atoms with Crippen molar-refractivity contribution in [2.75, 3.05) is 18.4 Å². The van der Waals surface area contributed by atoms with E-state index in [9.17, 15) is 4.79 Å². The minimum Gasteiger partial charge on any atom is -0.366 e. The molecule has 7 heteroatoms. The highest BCUT2D eigenvalue weighted by atomic mass is 35.5. The van der Waals surface area contributed by atoms with Gasteiger partial charge in [0.25, 0.3) is 5.91 Å². The summed E-state index contributed by atoms with van der Waals surface area (Å²) in [5.74, 6) is 0.242. The highest BCUT2D eigenvalue weighted by Gasteiger charge is 2.22. The van der Waals surface area contributed by atoms with Crippen molar-refractivity contribution in [1.82, 2.24) is 15.4 Å². The number of halogens is 1. The molecule has 6 nitrogen and oxygen atoms in total. The number of benzene rings is 1. The Labute approximate surface area is 157 Å². The van der Waals surface area contributed by atoms with Crippen LogP contribution in [0.3, 0.4) is 0 Å². The van der Waals surface area contributed by atoms with E-state index < -0.39 is 5.91 Å². The number of aromatic nitrogens is 1. The molecule has 136 valence electrons. The lowest BCUT2D eigenvalue weighted by molar-refractivity contribution is -0.124. The maximum absolute atomic E-state index is 11.0. The number of hydrogen-bond acceptors (Lipinski definition) is 5. The Bertz CT molecular complexity index is 762. The number of rotatable bonds is 6. The van der Waals surface area contributed by atoms with Crippen LogP contribution in [0.2, 0.25) is 5.02 Å². The van der Waals surface area contributed by atoms with Gasteiger partial charge in [-0.3, -0.25) is 14.9 Å². The van der Waals surface area contributed by atoms with Crippen molar-refractivity contribution in [1.29, 1.82) is 0 Å². The molecule has 1 aromatic carbocycles. The van der Waals surface area contributed by atoms with E-state index in [2.05, 4.69) is 27.3 Å². The van der Waals surface area contributed by atoms with E-state index in [1.54, 1.807) is 17.8 Å². The number of pyridine rings is 1. The summed E-state index contributed by atoms with van der Waals surface area (Å²) >= 11 is 5.93. The molecule has 2 aromatic rings. The van der Waals surface area contributed by atoms with Crippen LogP contribution in [0.5, 0.6) is 0 Å². The monoisotopic (exact) mass is 372 g/mol. The van der Waals surface area contributed by atoms with E-state index in [4.69, 9.17) is 16.8 Å². The van der Waals surface area contributed by atoms with E-state index in [1.165, 1.54) is 11.6 Å². The van der Waals surface area contributed by atoms with E-state index in [1.807, 2.05) is 24.3 Å². The van der Waals surface area contributed by atoms with Gasteiger partial charge in [0.15, 0.2) is 0 Å². The number of hydrogen-bond donors (Lipinski definition) is 3. The summed E-state index contributed by atoms with van der Waals surface area (Å²) in [6.45, 7) is 2.92. The minimum absolute atomic E-state index is 0.358. The van der Waals surface area contributed by atoms with Gasteiger partial charge in [-0.2, -0.15) is 0 Å². The van der Waals surface area contributed by atoms with E-state index in [0.717, 1.165) is 42.5 Å². The molecule has 0 bridgehead atoms. The third-order valence-electron chi connectivity index (χ3n) is 4.27. The smallest absolute Gasteiger partial charge is 0.267 e. The van der Waals surface area contributed by atoms with Gasteiger partial charge in [-0.1, -0.05) is 23.7 Å². The molecule has 3 rings (SSSR count). The predicted molar refractivity (Wildman–Crippen MR) is 102 cm³/mol. The molecule has 1 saturated heterocycles. The lowest BCUT2D eigenvalue weighted by atomic mass is 10.2. The molecule has 1 fully saturated rings. The van der Waals surface area contributed by atoms with Crippen LogP contribution in [0, 0.1) is 0 Å². The summed E-state index contributed by atoms with van der Waals surface area (Å²) in [4.78, 5) is 17.8. The highest BCUT2D eigenvalue weighted by molar-refractivity contribution is 6.30. The number of carbonyl (C=O) groups excluding carboxylic acids is 1. The maximum Gasteiger partial charge on any atom is 0.267 e. The number of likely N-dealkylation sites (tertiary alicyclic amines) is 1. The Balaban J connectivity index is 1.49. The quantitative estimate of drug-likeness (QED) is 0.413. The number of nitrogens with one attached hydrogen (secondary N) is 2. The third-order valence-corrected chi connectivity index (χ3v) is 4.52. The van der Waals surface area contributed by atoms with Crippen molar-refractivity contribution in [3.05, 3.63) is 64.8 Å². The molecule has 3 N–H and O–H groups in total. The molecular weight excluding hydrogens is 352 g/mol. The normalized spacial score (nSPS) is 17.5. The van der Waals surface area contributed by atoms with Gasteiger partial charge in [0.1, 0.15) is 5.82 Å². The first-order valence-electron chi connectivity index (χ1n) is 8.44. The van der Waals surface area contributed by atoms with Gasteiger partial charge >= 0.3 is 0 Å². The molecule has 26 heavy (non-hydrogen) atoms. The van der Waals surface area contributed by atoms with Crippen molar-refractivity contribution < 1.29 is 10.0 Å². The second kappa shape index (κ2) is 8.80. The summed E-state index contributed by atoms with van der Waals surface area (Å²) in [5, 5.41) is 12.7. The zero-order valence-electron chi connectivity index (χ0n) is 14.2. The van der Waals surface area contributed by atoms with Crippen LogP contribution < -0.4 is 10.8 Å². The summed E-state index contributed by atoms with van der Waals surface area (Å²) in [5.41, 5.74) is 3.60. The second-order valence-electron chi connectivity index (χ2n) is 6.28. The van der Waals surface area contributed by atoms with Crippen molar-refractivity contribution in [3.8, 4) is 0 Å². The molecule has 0 radical (unpaired) electrons. The maximum atomic E-state index is 11.0. The van der Waals surface area contributed by atoms with Crippen LogP contribution >= 0.6 is 11.6 Å². The lowest BCUT2D eigenvalue weighted by Gasteiger charge is -2.17. The topological polar surface area (TPSA) is 77.5 Å². The van der Waals surface area contributed by atoms with Crippen LogP contribution in [0.25, 0.3) is 6.08 Å². The van der Waals surface area contributed by atoms with Crippen molar-refractivity contribution >= 4 is 29.4 Å². The van der Waals surface area contributed by atoms with Gasteiger partial charge in [-0.15, -0.1) is 0 Å². The third kappa shape index (κ3) is 5.29. The fourth-order valence-corrected chi connectivity index (χ4v) is 3.08. The number of anilines is 1. The summed E-state index contributed by atoms with van der Waals surface area (Å²) in [6.07, 6.45) is 5.58. The summed E-state index contributed by atoms with van der Waals surface area (Å²) < 4.78 is 0. The second-order valence-corrected chi connectivity index (χ2v) is 6.71. The van der Waals surface area contributed by atoms with Gasteiger partial charge in [-0.25, -0.2) is 10.5 Å². The standard InChI is InChI=1S/C19H21ClN4O2/c20-16-5-1-15(2-6-16)12-24-10-9-17(13-24)22-18-7-3-14(11-21-18)4-8-19(25)23-26/h1-8,11,17,26H,9-10,12-13H2,(H,21,22)(H,23,25)/t17-/m1/s1. The first-order valence-corrected chi connectivity index (χ1v) is 8.82. The first kappa shape index (κ1) is 18.4. The van der Waals surface area contributed by atoms with Gasteiger partial charge < -0.3 is 5.32 Å². The average molecular weight is 373 g/mol.